The van der Waals surface area contributed by atoms with Gasteiger partial charge in [0.1, 0.15) is 10.7 Å². The molecule has 0 atom stereocenters. The summed E-state index contributed by atoms with van der Waals surface area (Å²) in [6.45, 7) is 4.24. The third-order valence-corrected chi connectivity index (χ3v) is 6.39. The molecule has 4 heterocycles. The van der Waals surface area contributed by atoms with Crippen LogP contribution in [0.15, 0.2) is 23.3 Å². The van der Waals surface area contributed by atoms with E-state index >= 15 is 0 Å². The topological polar surface area (TPSA) is 78.0 Å². The van der Waals surface area contributed by atoms with Gasteiger partial charge in [-0.1, -0.05) is 0 Å². The van der Waals surface area contributed by atoms with Gasteiger partial charge in [-0.25, -0.2) is 15.0 Å². The molecule has 8 heteroatoms. The lowest BCUT2D eigenvalue weighted by molar-refractivity contribution is 0.243. The second kappa shape index (κ2) is 6.44. The highest BCUT2D eigenvalue weighted by molar-refractivity contribution is 7.18. The van der Waals surface area contributed by atoms with Crippen LogP contribution in [0.3, 0.4) is 0 Å². The molecule has 0 aromatic carbocycles. The van der Waals surface area contributed by atoms with Crippen molar-refractivity contribution in [3.63, 3.8) is 0 Å². The summed E-state index contributed by atoms with van der Waals surface area (Å²) in [6.07, 6.45) is 6.82. The summed E-state index contributed by atoms with van der Waals surface area (Å²) in [6, 6.07) is 1.83. The first-order valence-corrected chi connectivity index (χ1v) is 9.87. The number of nitrogens with one attached hydrogen (secondary N) is 1. The van der Waals surface area contributed by atoms with Crippen molar-refractivity contribution >= 4 is 27.5 Å². The fourth-order valence-corrected chi connectivity index (χ4v) is 5.17. The molecule has 0 bridgehead atoms. The molecule has 0 radical (unpaired) electrons. The molecule has 0 amide bonds. The summed E-state index contributed by atoms with van der Waals surface area (Å²) in [5.74, 6) is 1.56. The van der Waals surface area contributed by atoms with Crippen LogP contribution in [0.2, 0.25) is 0 Å². The molecule has 5 rings (SSSR count). The van der Waals surface area contributed by atoms with E-state index in [2.05, 4.69) is 24.8 Å². The number of aromatic amines is 1. The van der Waals surface area contributed by atoms with E-state index in [1.54, 1.807) is 23.7 Å². The second-order valence-corrected chi connectivity index (χ2v) is 7.95. The van der Waals surface area contributed by atoms with Crippen LogP contribution in [0, 0.1) is 0 Å². The smallest absolute Gasteiger partial charge is 0.259 e. The summed E-state index contributed by atoms with van der Waals surface area (Å²) in [7, 11) is 0. The molecule has 0 unspecified atom stereocenters. The number of piperazine rings is 1. The first kappa shape index (κ1) is 15.9. The van der Waals surface area contributed by atoms with Crippen molar-refractivity contribution in [1.82, 2.24) is 24.8 Å². The lowest BCUT2D eigenvalue weighted by atomic mass is 10.2. The molecule has 1 N–H and O–H groups in total. The largest absolute Gasteiger partial charge is 0.338 e. The lowest BCUT2D eigenvalue weighted by Crippen LogP contribution is -2.46. The molecule has 2 aliphatic rings. The molecule has 1 aliphatic carbocycles. The Labute approximate surface area is 154 Å². The van der Waals surface area contributed by atoms with E-state index in [9.17, 15) is 4.79 Å². The molecule has 26 heavy (non-hydrogen) atoms. The Hall–Kier alpha value is -2.32. The minimum absolute atomic E-state index is 0.0284. The number of rotatable bonds is 3. The molecule has 3 aromatic heterocycles. The van der Waals surface area contributed by atoms with Gasteiger partial charge in [0.25, 0.3) is 5.56 Å². The number of thiophene rings is 1. The fraction of sp³-hybridized carbons (Fsp3) is 0.444. The molecule has 1 aliphatic heterocycles. The maximum absolute atomic E-state index is 12.6. The van der Waals surface area contributed by atoms with E-state index in [1.807, 2.05) is 6.07 Å². The molecule has 0 spiro atoms. The SMILES string of the molecule is O=c1[nH]c(CN2CCN(c3ncccn3)CC2)nc2sc3c(c12)CCC3. The van der Waals surface area contributed by atoms with E-state index in [-0.39, 0.29) is 5.56 Å². The quantitative estimate of drug-likeness (QED) is 0.756. The van der Waals surface area contributed by atoms with Gasteiger partial charge in [-0.05, 0) is 30.9 Å². The third kappa shape index (κ3) is 2.79. The maximum atomic E-state index is 12.6. The minimum Gasteiger partial charge on any atom is -0.338 e. The Morgan fingerprint density at radius 2 is 1.92 bits per heavy atom. The molecule has 0 saturated carbocycles. The zero-order valence-corrected chi connectivity index (χ0v) is 15.3. The maximum Gasteiger partial charge on any atom is 0.259 e. The van der Waals surface area contributed by atoms with Crippen molar-refractivity contribution in [3.05, 3.63) is 45.1 Å². The van der Waals surface area contributed by atoms with E-state index in [4.69, 9.17) is 4.98 Å². The van der Waals surface area contributed by atoms with Crippen molar-refractivity contribution in [3.8, 4) is 0 Å². The van der Waals surface area contributed by atoms with Gasteiger partial charge in [0.15, 0.2) is 0 Å². The van der Waals surface area contributed by atoms with Crippen LogP contribution in [0.1, 0.15) is 22.7 Å². The number of aromatic nitrogens is 4. The number of fused-ring (bicyclic) bond motifs is 3. The molecule has 7 nitrogen and oxygen atoms in total. The second-order valence-electron chi connectivity index (χ2n) is 6.86. The number of anilines is 1. The van der Waals surface area contributed by atoms with Crippen LogP contribution in [-0.2, 0) is 19.4 Å². The van der Waals surface area contributed by atoms with Gasteiger partial charge in [-0.3, -0.25) is 9.69 Å². The minimum atomic E-state index is 0.0284. The van der Waals surface area contributed by atoms with Crippen molar-refractivity contribution < 1.29 is 0 Å². The van der Waals surface area contributed by atoms with Crippen LogP contribution in [0.4, 0.5) is 5.95 Å². The Balaban J connectivity index is 1.31. The number of hydrogen-bond donors (Lipinski definition) is 1. The van der Waals surface area contributed by atoms with E-state index in [0.29, 0.717) is 6.54 Å². The normalized spacial score (nSPS) is 17.8. The van der Waals surface area contributed by atoms with Crippen LogP contribution >= 0.6 is 11.3 Å². The molecule has 134 valence electrons. The number of aryl methyl sites for hydroxylation is 2. The van der Waals surface area contributed by atoms with Crippen LogP contribution in [0.25, 0.3) is 10.2 Å². The van der Waals surface area contributed by atoms with Gasteiger partial charge in [0.05, 0.1) is 11.9 Å². The Bertz CT molecular complexity index is 990. The first-order chi connectivity index (χ1) is 12.8. The van der Waals surface area contributed by atoms with Crippen molar-refractivity contribution in [2.45, 2.75) is 25.8 Å². The number of nitrogens with zero attached hydrogens (tertiary/aromatic N) is 5. The van der Waals surface area contributed by atoms with Gasteiger partial charge in [-0.2, -0.15) is 0 Å². The Morgan fingerprint density at radius 1 is 1.12 bits per heavy atom. The van der Waals surface area contributed by atoms with Gasteiger partial charge in [0.2, 0.25) is 5.95 Å². The first-order valence-electron chi connectivity index (χ1n) is 9.06. The number of H-pyrrole nitrogens is 1. The van der Waals surface area contributed by atoms with E-state index in [1.165, 1.54) is 10.4 Å². The molecule has 1 saturated heterocycles. The average Bonchev–Trinajstić information content (AvgIpc) is 3.24. The molecule has 1 fully saturated rings. The van der Waals surface area contributed by atoms with Crippen molar-refractivity contribution in [1.29, 1.82) is 0 Å². The van der Waals surface area contributed by atoms with E-state index in [0.717, 1.165) is 67.4 Å². The summed E-state index contributed by atoms with van der Waals surface area (Å²) in [5, 5.41) is 0.831. The van der Waals surface area contributed by atoms with Crippen LogP contribution in [-0.4, -0.2) is 51.0 Å². The van der Waals surface area contributed by atoms with Crippen molar-refractivity contribution in [2.24, 2.45) is 0 Å². The molecule has 3 aromatic rings. The highest BCUT2D eigenvalue weighted by atomic mass is 32.1. The summed E-state index contributed by atoms with van der Waals surface area (Å²) < 4.78 is 0. The standard InChI is InChI=1S/C18H20N6OS/c25-16-15-12-3-1-4-13(12)26-17(15)22-14(21-16)11-23-7-9-24(10-8-23)18-19-5-2-6-20-18/h2,5-6H,1,3-4,7-11H2,(H,21,22,25). The summed E-state index contributed by atoms with van der Waals surface area (Å²) in [4.78, 5) is 35.8. The predicted molar refractivity (Wildman–Crippen MR) is 102 cm³/mol. The zero-order valence-electron chi connectivity index (χ0n) is 14.4. The highest BCUT2D eigenvalue weighted by Crippen LogP contribution is 2.34. The van der Waals surface area contributed by atoms with E-state index < -0.39 is 0 Å². The molecular weight excluding hydrogens is 348 g/mol. The Kier molecular flexibility index (Phi) is 3.94. The van der Waals surface area contributed by atoms with Gasteiger partial charge >= 0.3 is 0 Å². The Morgan fingerprint density at radius 3 is 2.73 bits per heavy atom. The lowest BCUT2D eigenvalue weighted by Gasteiger charge is -2.34. The highest BCUT2D eigenvalue weighted by Gasteiger charge is 2.23. The summed E-state index contributed by atoms with van der Waals surface area (Å²) in [5.41, 5.74) is 1.27. The summed E-state index contributed by atoms with van der Waals surface area (Å²) >= 11 is 1.70. The predicted octanol–water partition coefficient (Wildman–Crippen LogP) is 1.59. The average molecular weight is 368 g/mol. The molecular formula is C18H20N6OS. The number of hydrogen-bond acceptors (Lipinski definition) is 7. The van der Waals surface area contributed by atoms with Crippen LogP contribution < -0.4 is 10.5 Å². The van der Waals surface area contributed by atoms with Crippen molar-refractivity contribution in [2.75, 3.05) is 31.1 Å². The van der Waals surface area contributed by atoms with Gasteiger partial charge in [-0.15, -0.1) is 11.3 Å². The third-order valence-electron chi connectivity index (χ3n) is 5.20. The van der Waals surface area contributed by atoms with Gasteiger partial charge in [0, 0.05) is 43.4 Å². The monoisotopic (exact) mass is 368 g/mol. The zero-order chi connectivity index (χ0) is 17.5. The fourth-order valence-electron chi connectivity index (χ4n) is 3.89. The van der Waals surface area contributed by atoms with Gasteiger partial charge < -0.3 is 9.88 Å². The van der Waals surface area contributed by atoms with Crippen LogP contribution in [0.5, 0.6) is 0 Å².